The van der Waals surface area contributed by atoms with Crippen molar-refractivity contribution in [2.24, 2.45) is 0 Å². The first-order valence-corrected chi connectivity index (χ1v) is 7.44. The highest BCUT2D eigenvalue weighted by Crippen LogP contribution is 2.21. The van der Waals surface area contributed by atoms with Crippen LogP contribution in [0.25, 0.3) is 0 Å². The predicted octanol–water partition coefficient (Wildman–Crippen LogP) is -0.233. The molecule has 7 nitrogen and oxygen atoms in total. The number of carboxylic acid groups (broad SMARTS) is 1. The number of aliphatic hydroxyl groups is 1. The van der Waals surface area contributed by atoms with Crippen LogP contribution in [0.1, 0.15) is 10.4 Å². The van der Waals surface area contributed by atoms with Gasteiger partial charge in [0.15, 0.2) is 0 Å². The molecule has 0 saturated carbocycles. The number of hydrogen-bond donors (Lipinski definition) is 2. The Bertz CT molecular complexity index is 600. The summed E-state index contributed by atoms with van der Waals surface area (Å²) in [5, 5.41) is 18.1. The molecular weight excluding hydrogens is 286 g/mol. The molecule has 1 fully saturated rings. The van der Waals surface area contributed by atoms with E-state index in [2.05, 4.69) is 0 Å². The number of aromatic carboxylic acids is 1. The third-order valence-corrected chi connectivity index (χ3v) is 5.02. The molecule has 0 radical (unpaired) electrons. The second kappa shape index (κ2) is 5.88. The number of rotatable bonds is 4. The minimum Gasteiger partial charge on any atom is -0.478 e. The summed E-state index contributed by atoms with van der Waals surface area (Å²) in [4.78, 5) is 10.8. The molecule has 20 heavy (non-hydrogen) atoms. The number of nitrogens with zero attached hydrogens (tertiary/aromatic N) is 1. The molecule has 2 rings (SSSR count). The largest absolute Gasteiger partial charge is 0.478 e. The molecule has 1 unspecified atom stereocenters. The molecule has 1 atom stereocenters. The van der Waals surface area contributed by atoms with Crippen molar-refractivity contribution in [1.29, 1.82) is 0 Å². The average molecular weight is 301 g/mol. The van der Waals surface area contributed by atoms with E-state index in [1.165, 1.54) is 18.2 Å². The quantitative estimate of drug-likeness (QED) is 0.796. The van der Waals surface area contributed by atoms with E-state index in [0.717, 1.165) is 10.4 Å². The summed E-state index contributed by atoms with van der Waals surface area (Å²) >= 11 is 0. The number of benzene rings is 1. The third kappa shape index (κ3) is 2.83. The second-order valence-corrected chi connectivity index (χ2v) is 6.25. The Morgan fingerprint density at radius 3 is 2.85 bits per heavy atom. The van der Waals surface area contributed by atoms with Gasteiger partial charge in [0.05, 0.1) is 36.3 Å². The summed E-state index contributed by atoms with van der Waals surface area (Å²) in [6.45, 7) is 0.144. The van der Waals surface area contributed by atoms with Gasteiger partial charge in [-0.05, 0) is 18.2 Å². The third-order valence-electron chi connectivity index (χ3n) is 3.07. The van der Waals surface area contributed by atoms with E-state index >= 15 is 0 Å². The molecular formula is C12H15NO6S. The fourth-order valence-electron chi connectivity index (χ4n) is 2.02. The number of hydrogen-bond acceptors (Lipinski definition) is 5. The van der Waals surface area contributed by atoms with Crippen LogP contribution in [0.2, 0.25) is 0 Å². The van der Waals surface area contributed by atoms with Crippen LogP contribution in [0.4, 0.5) is 0 Å². The van der Waals surface area contributed by atoms with Crippen molar-refractivity contribution in [2.75, 3.05) is 26.4 Å². The van der Waals surface area contributed by atoms with E-state index in [0.29, 0.717) is 0 Å². The molecule has 0 spiro atoms. The summed E-state index contributed by atoms with van der Waals surface area (Å²) in [5.41, 5.74) is -0.0973. The fraction of sp³-hybridized carbons (Fsp3) is 0.417. The zero-order valence-corrected chi connectivity index (χ0v) is 11.4. The number of morpholine rings is 1. The molecule has 0 amide bonds. The van der Waals surface area contributed by atoms with E-state index in [9.17, 15) is 18.3 Å². The van der Waals surface area contributed by atoms with Gasteiger partial charge in [-0.1, -0.05) is 6.07 Å². The summed E-state index contributed by atoms with van der Waals surface area (Å²) in [7, 11) is -3.85. The van der Waals surface area contributed by atoms with E-state index in [1.807, 2.05) is 0 Å². The lowest BCUT2D eigenvalue weighted by atomic mass is 10.2. The maximum atomic E-state index is 12.5. The number of carbonyl (C=O) groups is 1. The minimum absolute atomic E-state index is 0.0973. The molecule has 0 bridgehead atoms. The predicted molar refractivity (Wildman–Crippen MR) is 69.0 cm³/mol. The smallest absolute Gasteiger partial charge is 0.335 e. The number of sulfonamides is 1. The van der Waals surface area contributed by atoms with Crippen molar-refractivity contribution in [3.05, 3.63) is 29.8 Å². The van der Waals surface area contributed by atoms with Crippen molar-refractivity contribution in [2.45, 2.75) is 10.9 Å². The molecule has 8 heteroatoms. The van der Waals surface area contributed by atoms with Crippen molar-refractivity contribution in [1.82, 2.24) is 4.31 Å². The first-order chi connectivity index (χ1) is 9.46. The van der Waals surface area contributed by atoms with Crippen molar-refractivity contribution >= 4 is 16.0 Å². The van der Waals surface area contributed by atoms with E-state index < -0.39 is 22.0 Å². The number of ether oxygens (including phenoxy) is 1. The Morgan fingerprint density at radius 2 is 2.20 bits per heavy atom. The van der Waals surface area contributed by atoms with E-state index in [-0.39, 0.29) is 36.8 Å². The Kier molecular flexibility index (Phi) is 4.39. The van der Waals surface area contributed by atoms with E-state index in [1.54, 1.807) is 0 Å². The monoisotopic (exact) mass is 301 g/mol. The van der Waals surface area contributed by atoms with Crippen LogP contribution in [-0.4, -0.2) is 61.3 Å². The summed E-state index contributed by atoms with van der Waals surface area (Å²) in [5.74, 6) is -1.19. The summed E-state index contributed by atoms with van der Waals surface area (Å²) in [6.07, 6.45) is 0. The van der Waals surface area contributed by atoms with Gasteiger partial charge in [-0.3, -0.25) is 0 Å². The first-order valence-electron chi connectivity index (χ1n) is 6.00. The molecule has 1 aliphatic heterocycles. The Balaban J connectivity index is 2.38. The molecule has 110 valence electrons. The van der Waals surface area contributed by atoms with Gasteiger partial charge >= 0.3 is 5.97 Å². The Morgan fingerprint density at radius 1 is 1.45 bits per heavy atom. The first kappa shape index (κ1) is 14.9. The van der Waals surface area contributed by atoms with Crippen LogP contribution in [0, 0.1) is 0 Å². The zero-order chi connectivity index (χ0) is 14.8. The maximum Gasteiger partial charge on any atom is 0.335 e. The van der Waals surface area contributed by atoms with Gasteiger partial charge in [-0.15, -0.1) is 0 Å². The standard InChI is InChI=1S/C12H15NO6S/c14-7-10-8-19-5-4-13(10)20(17,18)11-3-1-2-9(6-11)12(15)16/h1-3,6,10,14H,4-5,7-8H2,(H,15,16). The van der Waals surface area contributed by atoms with Crippen LogP contribution in [-0.2, 0) is 14.8 Å². The average Bonchev–Trinajstić information content (AvgIpc) is 2.47. The SMILES string of the molecule is O=C(O)c1cccc(S(=O)(=O)N2CCOCC2CO)c1. The number of carboxylic acids is 1. The molecule has 0 aromatic heterocycles. The lowest BCUT2D eigenvalue weighted by Gasteiger charge is -2.33. The molecule has 1 aromatic carbocycles. The van der Waals surface area contributed by atoms with Gasteiger partial charge in [0, 0.05) is 6.54 Å². The highest BCUT2D eigenvalue weighted by Gasteiger charge is 2.33. The van der Waals surface area contributed by atoms with Gasteiger partial charge in [-0.25, -0.2) is 13.2 Å². The van der Waals surface area contributed by atoms with Gasteiger partial charge in [-0.2, -0.15) is 4.31 Å². The second-order valence-electron chi connectivity index (χ2n) is 4.36. The Labute approximate surface area is 116 Å². The summed E-state index contributed by atoms with van der Waals surface area (Å²) < 4.78 is 31.3. The van der Waals surface area contributed by atoms with Crippen molar-refractivity contribution in [3.8, 4) is 0 Å². The van der Waals surface area contributed by atoms with Crippen molar-refractivity contribution in [3.63, 3.8) is 0 Å². The molecule has 1 saturated heterocycles. The molecule has 1 heterocycles. The van der Waals surface area contributed by atoms with Crippen LogP contribution >= 0.6 is 0 Å². The molecule has 1 aromatic rings. The van der Waals surface area contributed by atoms with Crippen LogP contribution in [0.15, 0.2) is 29.2 Å². The molecule has 1 aliphatic rings. The highest BCUT2D eigenvalue weighted by molar-refractivity contribution is 7.89. The van der Waals surface area contributed by atoms with Gasteiger partial charge in [0.25, 0.3) is 0 Å². The molecule has 2 N–H and O–H groups in total. The Hall–Kier alpha value is -1.48. The van der Waals surface area contributed by atoms with Gasteiger partial charge in [0.1, 0.15) is 0 Å². The van der Waals surface area contributed by atoms with Crippen molar-refractivity contribution < 1.29 is 28.2 Å². The van der Waals surface area contributed by atoms with Crippen LogP contribution in [0.5, 0.6) is 0 Å². The van der Waals surface area contributed by atoms with E-state index in [4.69, 9.17) is 9.84 Å². The minimum atomic E-state index is -3.85. The molecule has 0 aliphatic carbocycles. The lowest BCUT2D eigenvalue weighted by molar-refractivity contribution is 0.0109. The van der Waals surface area contributed by atoms with Crippen LogP contribution in [0.3, 0.4) is 0 Å². The maximum absolute atomic E-state index is 12.5. The fourth-order valence-corrected chi connectivity index (χ4v) is 3.66. The zero-order valence-electron chi connectivity index (χ0n) is 10.6. The normalized spacial score (nSPS) is 20.8. The lowest BCUT2D eigenvalue weighted by Crippen LogP contribution is -2.50. The number of aliphatic hydroxyl groups excluding tert-OH is 1. The van der Waals surface area contributed by atoms with Gasteiger partial charge < -0.3 is 14.9 Å². The highest BCUT2D eigenvalue weighted by atomic mass is 32.2. The van der Waals surface area contributed by atoms with Crippen LogP contribution < -0.4 is 0 Å². The van der Waals surface area contributed by atoms with Gasteiger partial charge in [0.2, 0.25) is 10.0 Å². The topological polar surface area (TPSA) is 104 Å². The summed E-state index contributed by atoms with van der Waals surface area (Å²) in [6, 6.07) is 4.50.